The maximum atomic E-state index is 13.9. The molecule has 1 aromatic carbocycles. The third-order valence-electron chi connectivity index (χ3n) is 2.99. The molecule has 20 heavy (non-hydrogen) atoms. The molecule has 1 heterocycles. The number of benzene rings is 1. The van der Waals surface area contributed by atoms with Crippen molar-refractivity contribution in [1.29, 1.82) is 0 Å². The number of hydrogen-bond acceptors (Lipinski definition) is 2. The summed E-state index contributed by atoms with van der Waals surface area (Å²) >= 11 is 0. The van der Waals surface area contributed by atoms with E-state index in [0.717, 1.165) is 17.5 Å². The molecule has 5 heteroatoms. The lowest BCUT2D eigenvalue weighted by Crippen LogP contribution is -2.08. The van der Waals surface area contributed by atoms with Gasteiger partial charge in [-0.2, -0.15) is 0 Å². The summed E-state index contributed by atoms with van der Waals surface area (Å²) < 4.78 is 39.0. The highest BCUT2D eigenvalue weighted by molar-refractivity contribution is 5.39. The molecule has 2 aromatic rings. The van der Waals surface area contributed by atoms with E-state index in [9.17, 15) is 8.78 Å². The van der Waals surface area contributed by atoms with E-state index in [0.29, 0.717) is 25.5 Å². The first-order chi connectivity index (χ1) is 9.63. The van der Waals surface area contributed by atoms with Gasteiger partial charge in [0.1, 0.15) is 11.6 Å². The van der Waals surface area contributed by atoms with Crippen molar-refractivity contribution in [2.24, 2.45) is 0 Å². The Labute approximate surface area is 116 Å². The fraction of sp³-hybridized carbons (Fsp3) is 0.333. The molecule has 0 aliphatic heterocycles. The Hall–Kier alpha value is -1.72. The lowest BCUT2D eigenvalue weighted by molar-refractivity contribution is 0.0596. The molecule has 3 nitrogen and oxygen atoms in total. The maximum absolute atomic E-state index is 13.9. The van der Waals surface area contributed by atoms with Crippen molar-refractivity contribution in [2.45, 2.75) is 13.5 Å². The quantitative estimate of drug-likeness (QED) is 0.759. The first kappa shape index (κ1) is 14.7. The van der Waals surface area contributed by atoms with Crippen LogP contribution in [0.2, 0.25) is 0 Å². The lowest BCUT2D eigenvalue weighted by Gasteiger charge is -2.13. The molecule has 0 unspecified atom stereocenters. The molecule has 108 valence electrons. The largest absolute Gasteiger partial charge is 0.382 e. The zero-order chi connectivity index (χ0) is 14.5. The monoisotopic (exact) mass is 281 g/mol. The van der Waals surface area contributed by atoms with Crippen molar-refractivity contribution in [3.63, 3.8) is 0 Å². The van der Waals surface area contributed by atoms with Crippen molar-refractivity contribution in [1.82, 2.24) is 4.57 Å². The standard InChI is InChI=1S/C15H17F2NO2/c1-11-3-5-13(10-20-8-7-19-2)18(11)15-6-4-12(16)9-14(15)17/h3-6,9H,7-8,10H2,1-2H3. The van der Waals surface area contributed by atoms with Crippen molar-refractivity contribution < 1.29 is 18.3 Å². The van der Waals surface area contributed by atoms with Crippen LogP contribution in [0.3, 0.4) is 0 Å². The smallest absolute Gasteiger partial charge is 0.150 e. The summed E-state index contributed by atoms with van der Waals surface area (Å²) in [5.41, 5.74) is 1.99. The van der Waals surface area contributed by atoms with Gasteiger partial charge >= 0.3 is 0 Å². The van der Waals surface area contributed by atoms with Gasteiger partial charge in [0.05, 0.1) is 25.5 Å². The third-order valence-corrected chi connectivity index (χ3v) is 2.99. The Balaban J connectivity index is 2.24. The van der Waals surface area contributed by atoms with E-state index in [4.69, 9.17) is 9.47 Å². The highest BCUT2D eigenvalue weighted by Gasteiger charge is 2.12. The minimum atomic E-state index is -0.595. The van der Waals surface area contributed by atoms with Crippen molar-refractivity contribution >= 4 is 0 Å². The van der Waals surface area contributed by atoms with Gasteiger partial charge in [0.15, 0.2) is 0 Å². The molecular formula is C15H17F2NO2. The number of nitrogens with zero attached hydrogens (tertiary/aromatic N) is 1. The van der Waals surface area contributed by atoms with E-state index in [1.807, 2.05) is 19.1 Å². The molecular weight excluding hydrogens is 264 g/mol. The van der Waals surface area contributed by atoms with Crippen LogP contribution in [0.4, 0.5) is 8.78 Å². The average molecular weight is 281 g/mol. The minimum absolute atomic E-state index is 0.319. The second-order valence-electron chi connectivity index (χ2n) is 4.44. The molecule has 0 aliphatic rings. The Bertz CT molecular complexity index is 581. The highest BCUT2D eigenvalue weighted by Crippen LogP contribution is 2.21. The number of aromatic nitrogens is 1. The Morgan fingerprint density at radius 1 is 1.10 bits per heavy atom. The molecule has 0 N–H and O–H groups in total. The van der Waals surface area contributed by atoms with Crippen LogP contribution in [-0.2, 0) is 16.1 Å². The molecule has 0 bridgehead atoms. The molecule has 0 radical (unpaired) electrons. The highest BCUT2D eigenvalue weighted by atomic mass is 19.1. The van der Waals surface area contributed by atoms with Crippen molar-refractivity contribution in [3.8, 4) is 5.69 Å². The van der Waals surface area contributed by atoms with Gasteiger partial charge in [0.25, 0.3) is 0 Å². The topological polar surface area (TPSA) is 23.4 Å². The van der Waals surface area contributed by atoms with Gasteiger partial charge in [-0.1, -0.05) is 0 Å². The normalized spacial score (nSPS) is 11.0. The predicted octanol–water partition coefficient (Wildman–Crippen LogP) is 3.23. The van der Waals surface area contributed by atoms with Crippen LogP contribution in [0, 0.1) is 18.6 Å². The Morgan fingerprint density at radius 2 is 1.90 bits per heavy atom. The number of aryl methyl sites for hydroxylation is 1. The van der Waals surface area contributed by atoms with Gasteiger partial charge in [-0.3, -0.25) is 0 Å². The third kappa shape index (κ3) is 3.23. The minimum Gasteiger partial charge on any atom is -0.382 e. The van der Waals surface area contributed by atoms with Crippen LogP contribution < -0.4 is 0 Å². The Morgan fingerprint density at radius 3 is 2.60 bits per heavy atom. The molecule has 0 spiro atoms. The first-order valence-corrected chi connectivity index (χ1v) is 6.33. The van der Waals surface area contributed by atoms with Crippen LogP contribution in [0.15, 0.2) is 30.3 Å². The first-order valence-electron chi connectivity index (χ1n) is 6.33. The molecule has 1 aromatic heterocycles. The summed E-state index contributed by atoms with van der Waals surface area (Å²) in [7, 11) is 1.60. The van der Waals surface area contributed by atoms with E-state index in [2.05, 4.69) is 0 Å². The number of halogens is 2. The fourth-order valence-electron chi connectivity index (χ4n) is 2.03. The van der Waals surface area contributed by atoms with Crippen LogP contribution in [-0.4, -0.2) is 24.9 Å². The van der Waals surface area contributed by atoms with E-state index in [1.165, 1.54) is 12.1 Å². The van der Waals surface area contributed by atoms with E-state index < -0.39 is 11.6 Å². The van der Waals surface area contributed by atoms with Crippen LogP contribution in [0.5, 0.6) is 0 Å². The molecule has 0 saturated heterocycles. The number of ether oxygens (including phenoxy) is 2. The number of rotatable bonds is 6. The summed E-state index contributed by atoms with van der Waals surface area (Å²) in [4.78, 5) is 0. The van der Waals surface area contributed by atoms with Crippen LogP contribution in [0.25, 0.3) is 5.69 Å². The van der Waals surface area contributed by atoms with E-state index in [-0.39, 0.29) is 0 Å². The van der Waals surface area contributed by atoms with Crippen molar-refractivity contribution in [3.05, 3.63) is 53.4 Å². The summed E-state index contributed by atoms with van der Waals surface area (Å²) in [6, 6.07) is 7.29. The SMILES string of the molecule is COCCOCc1ccc(C)n1-c1ccc(F)cc1F. The Kier molecular flexibility index (Phi) is 4.87. The van der Waals surface area contributed by atoms with Gasteiger partial charge in [-0.05, 0) is 31.2 Å². The van der Waals surface area contributed by atoms with Crippen LogP contribution in [0.1, 0.15) is 11.4 Å². The summed E-state index contributed by atoms with van der Waals surface area (Å²) in [5, 5.41) is 0. The van der Waals surface area contributed by atoms with Gasteiger partial charge in [-0.25, -0.2) is 8.78 Å². The molecule has 0 atom stereocenters. The number of methoxy groups -OCH3 is 1. The summed E-state index contributed by atoms with van der Waals surface area (Å²) in [6.07, 6.45) is 0. The van der Waals surface area contributed by atoms with Gasteiger partial charge in [-0.15, -0.1) is 0 Å². The van der Waals surface area contributed by atoms with Crippen molar-refractivity contribution in [2.75, 3.05) is 20.3 Å². The van der Waals surface area contributed by atoms with Gasteiger partial charge < -0.3 is 14.0 Å². The second-order valence-corrected chi connectivity index (χ2v) is 4.44. The molecule has 0 fully saturated rings. The zero-order valence-electron chi connectivity index (χ0n) is 11.5. The molecule has 0 amide bonds. The maximum Gasteiger partial charge on any atom is 0.150 e. The van der Waals surface area contributed by atoms with E-state index in [1.54, 1.807) is 11.7 Å². The molecule has 0 saturated carbocycles. The number of hydrogen-bond donors (Lipinski definition) is 0. The molecule has 2 rings (SSSR count). The summed E-state index contributed by atoms with van der Waals surface area (Å²) in [5.74, 6) is -1.18. The lowest BCUT2D eigenvalue weighted by atomic mass is 10.2. The van der Waals surface area contributed by atoms with Crippen LogP contribution >= 0.6 is 0 Å². The predicted molar refractivity (Wildman–Crippen MR) is 72.0 cm³/mol. The average Bonchev–Trinajstić information content (AvgIpc) is 2.76. The van der Waals surface area contributed by atoms with Gasteiger partial charge in [0, 0.05) is 24.6 Å². The zero-order valence-corrected chi connectivity index (χ0v) is 11.5. The fourth-order valence-corrected chi connectivity index (χ4v) is 2.03. The summed E-state index contributed by atoms with van der Waals surface area (Å²) in [6.45, 7) is 3.17. The molecule has 0 aliphatic carbocycles. The second kappa shape index (κ2) is 6.63. The van der Waals surface area contributed by atoms with E-state index >= 15 is 0 Å². The van der Waals surface area contributed by atoms with Gasteiger partial charge in [0.2, 0.25) is 0 Å².